The van der Waals surface area contributed by atoms with Gasteiger partial charge in [-0.1, -0.05) is 121 Å². The Bertz CT molecular complexity index is 1560. The summed E-state index contributed by atoms with van der Waals surface area (Å²) in [4.78, 5) is 52.3. The Hall–Kier alpha value is -6.02. The van der Waals surface area contributed by atoms with Crippen LogP contribution < -0.4 is 0 Å². The van der Waals surface area contributed by atoms with Crippen molar-refractivity contribution in [1.82, 2.24) is 0 Å². The van der Waals surface area contributed by atoms with Gasteiger partial charge in [0.25, 0.3) is 11.2 Å². The second kappa shape index (κ2) is 12.5. The van der Waals surface area contributed by atoms with Gasteiger partial charge in [0, 0.05) is 22.3 Å². The molecule has 8 nitrogen and oxygen atoms in total. The number of carboxylic acids is 2. The molecule has 0 heterocycles. The minimum atomic E-state index is -2.15. The predicted molar refractivity (Wildman–Crippen MR) is 160 cm³/mol. The van der Waals surface area contributed by atoms with Gasteiger partial charge in [-0.3, -0.25) is 0 Å². The maximum atomic E-state index is 13.4. The van der Waals surface area contributed by atoms with E-state index in [1.165, 1.54) is 24.3 Å². The first-order valence-electron chi connectivity index (χ1n) is 13.5. The molecule has 5 aromatic carbocycles. The molecule has 2 N–H and O–H groups in total. The first-order chi connectivity index (χ1) is 21.3. The standard InChI is InChI=1S/C36H26O8/c37-31(43-35(33(39)40,27-13-5-1-6-14-27)28-15-7-2-8-16-28)25-21-23-26(24-22-25)32(38)44-36(34(41)42,29-17-9-3-10-18-29)30-19-11-4-12-20-30/h1-24H,(H,39,40)(H,41,42). The highest BCUT2D eigenvalue weighted by atomic mass is 16.6. The van der Waals surface area contributed by atoms with Crippen LogP contribution in [0.25, 0.3) is 0 Å². The van der Waals surface area contributed by atoms with Crippen LogP contribution in [0.5, 0.6) is 0 Å². The van der Waals surface area contributed by atoms with E-state index in [0.717, 1.165) is 0 Å². The normalized spacial score (nSPS) is 11.3. The minimum Gasteiger partial charge on any atom is -0.478 e. The average Bonchev–Trinajstić information content (AvgIpc) is 3.07. The zero-order chi connectivity index (χ0) is 31.2. The summed E-state index contributed by atoms with van der Waals surface area (Å²) in [6.07, 6.45) is 0. The molecule has 5 aromatic rings. The highest BCUT2D eigenvalue weighted by Crippen LogP contribution is 2.37. The van der Waals surface area contributed by atoms with Crippen LogP contribution >= 0.6 is 0 Å². The maximum absolute atomic E-state index is 13.4. The minimum absolute atomic E-state index is 0.0327. The number of rotatable bonds is 10. The highest BCUT2D eigenvalue weighted by molar-refractivity contribution is 5.97. The number of ether oxygens (including phenoxy) is 2. The lowest BCUT2D eigenvalue weighted by Gasteiger charge is -2.30. The second-order valence-electron chi connectivity index (χ2n) is 9.79. The topological polar surface area (TPSA) is 127 Å². The predicted octanol–water partition coefficient (Wildman–Crippen LogP) is 6.06. The smallest absolute Gasteiger partial charge is 0.357 e. The highest BCUT2D eigenvalue weighted by Gasteiger charge is 2.48. The van der Waals surface area contributed by atoms with Gasteiger partial charge in [-0.2, -0.15) is 0 Å². The van der Waals surface area contributed by atoms with Crippen LogP contribution in [0.15, 0.2) is 146 Å². The van der Waals surface area contributed by atoms with Crippen molar-refractivity contribution in [2.24, 2.45) is 0 Å². The van der Waals surface area contributed by atoms with Gasteiger partial charge in [-0.05, 0) is 24.3 Å². The maximum Gasteiger partial charge on any atom is 0.357 e. The molecule has 0 aliphatic rings. The zero-order valence-electron chi connectivity index (χ0n) is 23.2. The number of hydrogen-bond acceptors (Lipinski definition) is 6. The molecule has 0 unspecified atom stereocenters. The fraction of sp³-hybridized carbons (Fsp3) is 0.0556. The number of hydrogen-bond donors (Lipinski definition) is 2. The summed E-state index contributed by atoms with van der Waals surface area (Å²) in [5.74, 6) is -4.69. The quantitative estimate of drug-likeness (QED) is 0.189. The number of benzene rings is 5. The molecule has 218 valence electrons. The van der Waals surface area contributed by atoms with Crippen molar-refractivity contribution >= 4 is 23.9 Å². The molecule has 0 radical (unpaired) electrons. The third-order valence-electron chi connectivity index (χ3n) is 7.17. The van der Waals surface area contributed by atoms with Gasteiger partial charge in [0.2, 0.25) is 0 Å². The Balaban J connectivity index is 1.46. The molecule has 0 spiro atoms. The van der Waals surface area contributed by atoms with Gasteiger partial charge in [-0.15, -0.1) is 0 Å². The fourth-order valence-corrected chi connectivity index (χ4v) is 4.98. The van der Waals surface area contributed by atoms with Gasteiger partial charge in [0.1, 0.15) is 0 Å². The van der Waals surface area contributed by atoms with Gasteiger partial charge in [0.05, 0.1) is 11.1 Å². The van der Waals surface area contributed by atoms with Gasteiger partial charge >= 0.3 is 23.9 Å². The van der Waals surface area contributed by atoms with Crippen LogP contribution in [-0.4, -0.2) is 34.1 Å². The van der Waals surface area contributed by atoms with E-state index in [1.54, 1.807) is 121 Å². The molecular formula is C36H26O8. The van der Waals surface area contributed by atoms with E-state index in [9.17, 15) is 29.4 Å². The molecule has 5 rings (SSSR count). The average molecular weight is 587 g/mol. The summed E-state index contributed by atoms with van der Waals surface area (Å²) in [5.41, 5.74) is -3.42. The first kappa shape index (κ1) is 29.5. The van der Waals surface area contributed by atoms with Crippen molar-refractivity contribution < 1.29 is 38.9 Å². The largest absolute Gasteiger partial charge is 0.478 e. The molecule has 0 saturated heterocycles. The molecule has 44 heavy (non-hydrogen) atoms. The number of carboxylic acid groups (broad SMARTS) is 2. The Labute approximate surface area is 252 Å². The van der Waals surface area contributed by atoms with Crippen molar-refractivity contribution in [1.29, 1.82) is 0 Å². The molecule has 0 aromatic heterocycles. The van der Waals surface area contributed by atoms with Crippen molar-refractivity contribution in [2.75, 3.05) is 0 Å². The van der Waals surface area contributed by atoms with Crippen molar-refractivity contribution in [2.45, 2.75) is 11.2 Å². The second-order valence-corrected chi connectivity index (χ2v) is 9.79. The molecule has 0 amide bonds. The molecule has 0 fully saturated rings. The molecule has 0 aliphatic carbocycles. The lowest BCUT2D eigenvalue weighted by molar-refractivity contribution is -0.156. The SMILES string of the molecule is O=C(OC(C(=O)O)(c1ccccc1)c1ccccc1)c1ccc(C(=O)OC(C(=O)O)(c2ccccc2)c2ccccc2)cc1. The molecular weight excluding hydrogens is 560 g/mol. The van der Waals surface area contributed by atoms with E-state index < -0.39 is 35.1 Å². The van der Waals surface area contributed by atoms with Crippen molar-refractivity contribution in [3.05, 3.63) is 179 Å². The monoisotopic (exact) mass is 586 g/mol. The van der Waals surface area contributed by atoms with Crippen LogP contribution in [0.3, 0.4) is 0 Å². The lowest BCUT2D eigenvalue weighted by Crippen LogP contribution is -2.42. The molecule has 0 saturated carbocycles. The van der Waals surface area contributed by atoms with Crippen LogP contribution in [0.2, 0.25) is 0 Å². The lowest BCUT2D eigenvalue weighted by atomic mass is 9.86. The van der Waals surface area contributed by atoms with E-state index in [-0.39, 0.29) is 33.4 Å². The molecule has 0 bridgehead atoms. The first-order valence-corrected chi connectivity index (χ1v) is 13.5. The number of carbonyl (C=O) groups excluding carboxylic acids is 2. The summed E-state index contributed by atoms with van der Waals surface area (Å²) < 4.78 is 11.5. The van der Waals surface area contributed by atoms with Crippen LogP contribution in [0, 0.1) is 0 Å². The van der Waals surface area contributed by atoms with Crippen LogP contribution in [-0.2, 0) is 30.3 Å². The van der Waals surface area contributed by atoms with Gasteiger partial charge in [0.15, 0.2) is 0 Å². The van der Waals surface area contributed by atoms with E-state index in [0.29, 0.717) is 0 Å². The van der Waals surface area contributed by atoms with Gasteiger partial charge in [-0.25, -0.2) is 19.2 Å². The Morgan fingerprint density at radius 1 is 0.386 bits per heavy atom. The van der Waals surface area contributed by atoms with Crippen molar-refractivity contribution in [3.63, 3.8) is 0 Å². The summed E-state index contributed by atoms with van der Waals surface area (Å²) in [6.45, 7) is 0. The van der Waals surface area contributed by atoms with E-state index in [4.69, 9.17) is 9.47 Å². The Kier molecular flexibility index (Phi) is 8.35. The molecule has 0 atom stereocenters. The summed E-state index contributed by atoms with van der Waals surface area (Å²) in [6, 6.07) is 37.6. The number of aliphatic carboxylic acids is 2. The summed E-state index contributed by atoms with van der Waals surface area (Å²) in [5, 5.41) is 20.8. The summed E-state index contributed by atoms with van der Waals surface area (Å²) >= 11 is 0. The Morgan fingerprint density at radius 2 is 0.614 bits per heavy atom. The number of esters is 2. The fourth-order valence-electron chi connectivity index (χ4n) is 4.98. The van der Waals surface area contributed by atoms with Crippen LogP contribution in [0.4, 0.5) is 0 Å². The number of carbonyl (C=O) groups is 4. The third-order valence-corrected chi connectivity index (χ3v) is 7.17. The third kappa shape index (κ3) is 5.44. The van der Waals surface area contributed by atoms with Gasteiger partial charge < -0.3 is 19.7 Å². The van der Waals surface area contributed by atoms with Crippen LogP contribution in [0.1, 0.15) is 43.0 Å². The van der Waals surface area contributed by atoms with E-state index >= 15 is 0 Å². The zero-order valence-corrected chi connectivity index (χ0v) is 23.2. The van der Waals surface area contributed by atoms with E-state index in [1.807, 2.05) is 0 Å². The summed E-state index contributed by atoms with van der Waals surface area (Å²) in [7, 11) is 0. The van der Waals surface area contributed by atoms with Crippen molar-refractivity contribution in [3.8, 4) is 0 Å². The Morgan fingerprint density at radius 3 is 0.818 bits per heavy atom. The molecule has 8 heteroatoms. The van der Waals surface area contributed by atoms with E-state index in [2.05, 4.69) is 0 Å². The molecule has 0 aliphatic heterocycles.